The SMILES string of the molecule is CCC1=N[NH+](C)C2=C1c1cccc3c(CCCOc4cccc5cc(Cl)ccc45)c(C(=O)O)n(c13)CCCCOC2. The minimum absolute atomic E-state index is 0.378. The number of ether oxygens (including phenoxy) is 2. The van der Waals surface area contributed by atoms with Crippen molar-refractivity contribution in [2.45, 2.75) is 45.6 Å². The molecule has 212 valence electrons. The number of rotatable bonds is 7. The van der Waals surface area contributed by atoms with Crippen molar-refractivity contribution in [1.29, 1.82) is 0 Å². The van der Waals surface area contributed by atoms with Gasteiger partial charge in [0.25, 0.3) is 0 Å². The van der Waals surface area contributed by atoms with E-state index in [1.807, 2.05) is 54.1 Å². The van der Waals surface area contributed by atoms with Crippen LogP contribution in [0, 0.1) is 0 Å². The summed E-state index contributed by atoms with van der Waals surface area (Å²) in [5, 5.41) is 20.1. The molecule has 0 fully saturated rings. The molecule has 1 aromatic heterocycles. The second-order valence-corrected chi connectivity index (χ2v) is 11.1. The number of nitrogens with one attached hydrogen (secondary N) is 1. The Balaban J connectivity index is 1.38. The molecule has 0 aliphatic carbocycles. The second kappa shape index (κ2) is 11.7. The molecule has 3 heterocycles. The summed E-state index contributed by atoms with van der Waals surface area (Å²) in [5.41, 5.74) is 6.50. The molecule has 1 unspecified atom stereocenters. The zero-order valence-corrected chi connectivity index (χ0v) is 24.3. The highest BCUT2D eigenvalue weighted by Crippen LogP contribution is 2.36. The number of aromatic nitrogens is 1. The number of carbonyl (C=O) groups is 1. The molecule has 4 aromatic rings. The summed E-state index contributed by atoms with van der Waals surface area (Å²) in [4.78, 5) is 12.8. The Morgan fingerprint density at radius 2 is 2.00 bits per heavy atom. The van der Waals surface area contributed by atoms with Gasteiger partial charge in [-0.15, -0.1) is 0 Å². The molecule has 2 N–H and O–H groups in total. The quantitative estimate of drug-likeness (QED) is 0.267. The number of para-hydroxylation sites is 1. The van der Waals surface area contributed by atoms with Crippen LogP contribution in [0.3, 0.4) is 0 Å². The lowest BCUT2D eigenvalue weighted by Crippen LogP contribution is -3.01. The van der Waals surface area contributed by atoms with Crippen molar-refractivity contribution in [1.82, 2.24) is 4.57 Å². The molecule has 6 rings (SSSR count). The van der Waals surface area contributed by atoms with Crippen LogP contribution < -0.4 is 9.75 Å². The predicted octanol–water partition coefficient (Wildman–Crippen LogP) is 5.97. The lowest BCUT2D eigenvalue weighted by atomic mass is 9.95. The molecule has 2 aliphatic rings. The largest absolute Gasteiger partial charge is 0.493 e. The van der Waals surface area contributed by atoms with E-state index in [0.29, 0.717) is 49.9 Å². The highest BCUT2D eigenvalue weighted by Gasteiger charge is 2.33. The lowest BCUT2D eigenvalue weighted by Gasteiger charge is -2.12. The van der Waals surface area contributed by atoms with Crippen LogP contribution in [0.1, 0.15) is 54.2 Å². The molecular weight excluding hydrogens is 538 g/mol. The summed E-state index contributed by atoms with van der Waals surface area (Å²) in [5.74, 6) is -0.0920. The van der Waals surface area contributed by atoms with Gasteiger partial charge in [-0.25, -0.2) is 4.79 Å². The Kier molecular flexibility index (Phi) is 7.84. The van der Waals surface area contributed by atoms with Gasteiger partial charge in [0.2, 0.25) is 0 Å². The van der Waals surface area contributed by atoms with Crippen LogP contribution in [0.2, 0.25) is 5.02 Å². The van der Waals surface area contributed by atoms with Gasteiger partial charge in [-0.2, -0.15) is 5.01 Å². The maximum atomic E-state index is 12.8. The van der Waals surface area contributed by atoms with Gasteiger partial charge < -0.3 is 19.1 Å². The normalized spacial score (nSPS) is 17.4. The first-order valence-electron chi connectivity index (χ1n) is 14.4. The van der Waals surface area contributed by atoms with Crippen LogP contribution >= 0.6 is 11.6 Å². The summed E-state index contributed by atoms with van der Waals surface area (Å²) in [6.45, 7) is 4.37. The molecular formula is C33H35ClN3O4+. The molecule has 2 aliphatic heterocycles. The van der Waals surface area contributed by atoms with Crippen molar-refractivity contribution in [2.75, 3.05) is 26.9 Å². The minimum Gasteiger partial charge on any atom is -0.493 e. The Morgan fingerprint density at radius 1 is 1.15 bits per heavy atom. The number of carboxylic acids is 1. The number of hydrogen-bond donors (Lipinski definition) is 2. The van der Waals surface area contributed by atoms with Gasteiger partial charge in [0, 0.05) is 34.5 Å². The van der Waals surface area contributed by atoms with Crippen LogP contribution in [0.15, 0.2) is 65.4 Å². The summed E-state index contributed by atoms with van der Waals surface area (Å²) in [6, 6.07) is 17.9. The van der Waals surface area contributed by atoms with Crippen molar-refractivity contribution >= 4 is 50.5 Å². The van der Waals surface area contributed by atoms with Gasteiger partial charge in [-0.3, -0.25) is 0 Å². The van der Waals surface area contributed by atoms with Gasteiger partial charge in [-0.05, 0) is 67.3 Å². The van der Waals surface area contributed by atoms with Crippen LogP contribution in [-0.4, -0.2) is 48.2 Å². The van der Waals surface area contributed by atoms with E-state index in [0.717, 1.165) is 79.8 Å². The number of likely N-dealkylation sites (N-methyl/N-ethyl adjacent to an activating group) is 1. The number of carboxylic acid groups (broad SMARTS) is 1. The predicted molar refractivity (Wildman–Crippen MR) is 163 cm³/mol. The van der Waals surface area contributed by atoms with Crippen molar-refractivity contribution in [2.24, 2.45) is 5.10 Å². The summed E-state index contributed by atoms with van der Waals surface area (Å²) < 4.78 is 14.3. The fourth-order valence-electron chi connectivity index (χ4n) is 6.26. The minimum atomic E-state index is -0.895. The molecule has 0 saturated carbocycles. The Bertz CT molecular complexity index is 1700. The first kappa shape index (κ1) is 27.5. The van der Waals surface area contributed by atoms with E-state index in [1.165, 1.54) is 0 Å². The average Bonchev–Trinajstić information content (AvgIpc) is 3.45. The maximum absolute atomic E-state index is 12.8. The molecule has 0 bridgehead atoms. The van der Waals surface area contributed by atoms with E-state index in [4.69, 9.17) is 26.2 Å². The molecule has 0 radical (unpaired) electrons. The van der Waals surface area contributed by atoms with Gasteiger partial charge in [0.1, 0.15) is 23.8 Å². The lowest BCUT2D eigenvalue weighted by molar-refractivity contribution is -0.844. The van der Waals surface area contributed by atoms with Crippen molar-refractivity contribution < 1.29 is 24.4 Å². The Morgan fingerprint density at radius 3 is 2.83 bits per heavy atom. The van der Waals surface area contributed by atoms with E-state index in [1.54, 1.807) is 0 Å². The van der Waals surface area contributed by atoms with Gasteiger partial charge in [0.15, 0.2) is 5.70 Å². The summed E-state index contributed by atoms with van der Waals surface area (Å²) in [6.07, 6.45) is 3.78. The monoisotopic (exact) mass is 572 g/mol. The van der Waals surface area contributed by atoms with E-state index in [-0.39, 0.29) is 0 Å². The number of nitrogens with zero attached hydrogens (tertiary/aromatic N) is 2. The number of allylic oxidation sites excluding steroid dienone is 1. The maximum Gasteiger partial charge on any atom is 0.352 e. The standard InChI is InChI=1S/C33H34ClN3O4/c1-3-27-30-26-11-7-10-24-25(12-8-18-41-29-13-6-9-21-19-22(34)14-15-23(21)29)32(33(38)39)37(31(24)26)16-4-5-17-40-20-28(30)36(2)35-27/h6-7,9-11,13-15,19H,3-5,8,12,16-18,20H2,1-2H3,(H,38,39)/p+1. The van der Waals surface area contributed by atoms with Crippen molar-refractivity contribution in [3.05, 3.63) is 82.1 Å². The van der Waals surface area contributed by atoms with Gasteiger partial charge in [0.05, 0.1) is 24.7 Å². The third kappa shape index (κ3) is 5.14. The first-order valence-corrected chi connectivity index (χ1v) is 14.8. The Labute approximate surface area is 244 Å². The first-order chi connectivity index (χ1) is 20.0. The van der Waals surface area contributed by atoms with Crippen LogP contribution in [0.5, 0.6) is 5.75 Å². The van der Waals surface area contributed by atoms with E-state index in [9.17, 15) is 9.90 Å². The van der Waals surface area contributed by atoms with Crippen molar-refractivity contribution in [3.8, 4) is 5.75 Å². The highest BCUT2D eigenvalue weighted by molar-refractivity contribution is 6.31. The molecule has 0 saturated heterocycles. The van der Waals surface area contributed by atoms with Crippen LogP contribution in [-0.2, 0) is 17.7 Å². The fourth-order valence-corrected chi connectivity index (χ4v) is 6.44. The highest BCUT2D eigenvalue weighted by atomic mass is 35.5. The van der Waals surface area contributed by atoms with Crippen LogP contribution in [0.4, 0.5) is 0 Å². The topological polar surface area (TPSA) is 77.5 Å². The molecule has 8 heteroatoms. The van der Waals surface area contributed by atoms with E-state index < -0.39 is 5.97 Å². The number of aromatic carboxylic acids is 1. The number of benzene rings is 3. The van der Waals surface area contributed by atoms with Crippen molar-refractivity contribution in [3.63, 3.8) is 0 Å². The third-order valence-electron chi connectivity index (χ3n) is 8.12. The van der Waals surface area contributed by atoms with E-state index >= 15 is 0 Å². The number of fused-ring (bicyclic) bond motifs is 2. The second-order valence-electron chi connectivity index (χ2n) is 10.7. The zero-order valence-electron chi connectivity index (χ0n) is 23.5. The smallest absolute Gasteiger partial charge is 0.352 e. The molecule has 41 heavy (non-hydrogen) atoms. The number of hydrogen-bond acceptors (Lipinski definition) is 4. The molecule has 7 nitrogen and oxygen atoms in total. The zero-order chi connectivity index (χ0) is 28.5. The molecule has 1 atom stereocenters. The summed E-state index contributed by atoms with van der Waals surface area (Å²) >= 11 is 6.18. The van der Waals surface area contributed by atoms with Gasteiger partial charge >= 0.3 is 5.97 Å². The fraction of sp³-hybridized carbons (Fsp3) is 0.333. The molecule has 0 spiro atoms. The van der Waals surface area contributed by atoms with Gasteiger partial charge in [-0.1, -0.05) is 54.0 Å². The molecule has 3 aromatic carbocycles. The molecule has 0 amide bonds. The number of aryl methyl sites for hydroxylation is 2. The Hall–Kier alpha value is -3.65. The summed E-state index contributed by atoms with van der Waals surface area (Å²) in [7, 11) is 2.04. The van der Waals surface area contributed by atoms with Crippen LogP contribution in [0.25, 0.3) is 27.2 Å². The average molecular weight is 573 g/mol. The van der Waals surface area contributed by atoms with E-state index in [2.05, 4.69) is 19.1 Å². The number of quaternary nitrogens is 1. The third-order valence-corrected chi connectivity index (χ3v) is 8.36. The number of halogens is 1.